The van der Waals surface area contributed by atoms with Crippen molar-refractivity contribution in [2.45, 2.75) is 51.2 Å². The first-order chi connectivity index (χ1) is 9.19. The number of rotatable bonds is 1. The molecule has 20 heavy (non-hydrogen) atoms. The number of carbonyl (C=O) groups is 2. The van der Waals surface area contributed by atoms with Crippen molar-refractivity contribution >= 4 is 12.0 Å². The van der Waals surface area contributed by atoms with Gasteiger partial charge in [-0.2, -0.15) is 0 Å². The third-order valence-corrected chi connectivity index (χ3v) is 3.43. The van der Waals surface area contributed by atoms with Gasteiger partial charge in [0.25, 0.3) is 0 Å². The summed E-state index contributed by atoms with van der Waals surface area (Å²) >= 11 is 0. The van der Waals surface area contributed by atoms with Gasteiger partial charge in [0.05, 0.1) is 13.1 Å². The minimum absolute atomic E-state index is 0.237. The molecule has 5 nitrogen and oxygen atoms in total. The summed E-state index contributed by atoms with van der Waals surface area (Å²) in [5, 5.41) is 0. The average Bonchev–Trinajstić information content (AvgIpc) is 2.54. The van der Waals surface area contributed by atoms with E-state index in [4.69, 9.17) is 4.74 Å². The molecule has 0 radical (unpaired) electrons. The van der Waals surface area contributed by atoms with E-state index in [1.165, 1.54) is 4.90 Å². The number of nitrogens with zero attached hydrogens (tertiary/aromatic N) is 2. The monoisotopic (exact) mass is 290 g/mol. The molecule has 2 aliphatic heterocycles. The van der Waals surface area contributed by atoms with Crippen molar-refractivity contribution in [3.8, 4) is 0 Å². The van der Waals surface area contributed by atoms with Gasteiger partial charge in [-0.1, -0.05) is 0 Å². The highest BCUT2D eigenvalue weighted by Crippen LogP contribution is 2.25. The van der Waals surface area contributed by atoms with Crippen molar-refractivity contribution in [3.05, 3.63) is 0 Å². The van der Waals surface area contributed by atoms with Crippen LogP contribution >= 0.6 is 0 Å². The fraction of sp³-hybridized carbons (Fsp3) is 0.846. The van der Waals surface area contributed by atoms with E-state index in [-0.39, 0.29) is 13.1 Å². The van der Waals surface area contributed by atoms with Crippen molar-refractivity contribution in [1.82, 2.24) is 9.80 Å². The Morgan fingerprint density at radius 2 is 1.70 bits per heavy atom. The largest absolute Gasteiger partial charge is 0.444 e. The summed E-state index contributed by atoms with van der Waals surface area (Å²) in [6, 6.07) is -0.651. The molecule has 2 heterocycles. The lowest BCUT2D eigenvalue weighted by Crippen LogP contribution is -2.59. The van der Waals surface area contributed by atoms with E-state index in [0.717, 1.165) is 4.90 Å². The van der Waals surface area contributed by atoms with Crippen LogP contribution in [0.25, 0.3) is 0 Å². The predicted octanol–water partition coefficient (Wildman–Crippen LogP) is 1.51. The van der Waals surface area contributed by atoms with Gasteiger partial charge in [-0.15, -0.1) is 0 Å². The summed E-state index contributed by atoms with van der Waals surface area (Å²) in [5.74, 6) is -0.398. The minimum atomic E-state index is -1.63. The molecule has 2 amide bonds. The third-order valence-electron chi connectivity index (χ3n) is 3.43. The second-order valence-corrected chi connectivity index (χ2v) is 6.25. The summed E-state index contributed by atoms with van der Waals surface area (Å²) < 4.78 is 31.4. The van der Waals surface area contributed by atoms with Crippen molar-refractivity contribution < 1.29 is 23.1 Å². The van der Waals surface area contributed by atoms with Gasteiger partial charge in [0.1, 0.15) is 11.6 Å². The molecule has 0 aromatic carbocycles. The highest BCUT2D eigenvalue weighted by Gasteiger charge is 2.45. The van der Waals surface area contributed by atoms with Gasteiger partial charge in [-0.25, -0.2) is 13.6 Å². The van der Waals surface area contributed by atoms with Crippen LogP contribution in [0.15, 0.2) is 0 Å². The van der Waals surface area contributed by atoms with Crippen molar-refractivity contribution in [2.75, 3.05) is 19.6 Å². The first-order valence-electron chi connectivity index (χ1n) is 6.75. The Kier molecular flexibility index (Phi) is 3.88. The number of hydrogen-bond acceptors (Lipinski definition) is 3. The summed E-state index contributed by atoms with van der Waals surface area (Å²) in [5.41, 5.74) is -0.637. The Labute approximate surface area is 116 Å². The maximum absolute atomic E-state index is 13.1. The van der Waals surface area contributed by atoms with Gasteiger partial charge >= 0.3 is 6.09 Å². The molecule has 0 spiro atoms. The van der Waals surface area contributed by atoms with Crippen LogP contribution in [-0.4, -0.2) is 65.4 Å². The zero-order chi connectivity index (χ0) is 15.1. The number of amides is 2. The zero-order valence-electron chi connectivity index (χ0n) is 11.9. The summed E-state index contributed by atoms with van der Waals surface area (Å²) in [6.45, 7) is 5.17. The molecule has 0 bridgehead atoms. The van der Waals surface area contributed by atoms with Crippen molar-refractivity contribution in [3.63, 3.8) is 0 Å². The van der Waals surface area contributed by atoms with E-state index in [1.54, 1.807) is 20.8 Å². The Morgan fingerprint density at radius 1 is 1.15 bits per heavy atom. The highest BCUT2D eigenvalue weighted by atomic mass is 19.2. The van der Waals surface area contributed by atoms with Gasteiger partial charge in [0.2, 0.25) is 5.91 Å². The second-order valence-electron chi connectivity index (χ2n) is 6.25. The molecule has 2 aliphatic rings. The first-order valence-corrected chi connectivity index (χ1v) is 6.75. The third kappa shape index (κ3) is 3.02. The predicted molar refractivity (Wildman–Crippen MR) is 67.7 cm³/mol. The molecule has 0 saturated carbocycles. The minimum Gasteiger partial charge on any atom is -0.444 e. The Balaban J connectivity index is 1.93. The molecule has 0 aromatic rings. The van der Waals surface area contributed by atoms with E-state index in [9.17, 15) is 18.4 Å². The van der Waals surface area contributed by atoms with Crippen LogP contribution in [-0.2, 0) is 9.53 Å². The van der Waals surface area contributed by atoms with Crippen LogP contribution < -0.4 is 0 Å². The topological polar surface area (TPSA) is 49.9 Å². The van der Waals surface area contributed by atoms with Gasteiger partial charge < -0.3 is 9.64 Å². The summed E-state index contributed by atoms with van der Waals surface area (Å²) in [6.07, 6.45) is -3.32. The second kappa shape index (κ2) is 5.18. The van der Waals surface area contributed by atoms with Crippen molar-refractivity contribution in [1.29, 1.82) is 0 Å². The number of hydrogen-bond donors (Lipinski definition) is 0. The fourth-order valence-corrected chi connectivity index (χ4v) is 2.30. The molecule has 0 aliphatic carbocycles. The maximum atomic E-state index is 13.1. The molecule has 7 heteroatoms. The molecule has 3 atom stereocenters. The fourth-order valence-electron chi connectivity index (χ4n) is 2.30. The van der Waals surface area contributed by atoms with Crippen LogP contribution in [0, 0.1) is 0 Å². The van der Waals surface area contributed by atoms with E-state index < -0.39 is 36.0 Å². The standard InChI is InChI=1S/C13H20F2N2O3/c1-13(2,3)20-12(19)17-5-4-10(17)11(18)16-6-8(14)9(15)7-16/h8-10H,4-7H2,1-3H3/t8-,9+,10-/m1/s1. The molecule has 0 aromatic heterocycles. The smallest absolute Gasteiger partial charge is 0.410 e. The highest BCUT2D eigenvalue weighted by molar-refractivity contribution is 5.87. The summed E-state index contributed by atoms with van der Waals surface area (Å²) in [4.78, 5) is 26.5. The number of likely N-dealkylation sites (tertiary alicyclic amines) is 2. The van der Waals surface area contributed by atoms with E-state index in [1.807, 2.05) is 0 Å². The molecule has 0 unspecified atom stereocenters. The normalized spacial score (nSPS) is 30.1. The molecule has 2 saturated heterocycles. The SMILES string of the molecule is CC(C)(C)OC(=O)N1CC[C@@H]1C(=O)N1C[C@@H](F)[C@@H](F)C1. The zero-order valence-corrected chi connectivity index (χ0v) is 11.9. The number of halogens is 2. The number of ether oxygens (including phenoxy) is 1. The van der Waals surface area contributed by atoms with Crippen LogP contribution in [0.4, 0.5) is 13.6 Å². The van der Waals surface area contributed by atoms with E-state index in [0.29, 0.717) is 13.0 Å². The Hall–Kier alpha value is -1.40. The van der Waals surface area contributed by atoms with Crippen LogP contribution in [0.1, 0.15) is 27.2 Å². The number of alkyl halides is 2. The molecular formula is C13H20F2N2O3. The van der Waals surface area contributed by atoms with Gasteiger partial charge in [0, 0.05) is 6.54 Å². The lowest BCUT2D eigenvalue weighted by atomic mass is 10.0. The van der Waals surface area contributed by atoms with E-state index in [2.05, 4.69) is 0 Å². The van der Waals surface area contributed by atoms with Gasteiger partial charge in [-0.05, 0) is 27.2 Å². The molecule has 2 rings (SSSR count). The lowest BCUT2D eigenvalue weighted by molar-refractivity contribution is -0.140. The quantitative estimate of drug-likeness (QED) is 0.735. The maximum Gasteiger partial charge on any atom is 0.410 e. The average molecular weight is 290 g/mol. The van der Waals surface area contributed by atoms with Gasteiger partial charge in [-0.3, -0.25) is 9.69 Å². The number of carbonyl (C=O) groups excluding carboxylic acids is 2. The van der Waals surface area contributed by atoms with Crippen molar-refractivity contribution in [2.24, 2.45) is 0 Å². The molecule has 0 N–H and O–H groups in total. The summed E-state index contributed by atoms with van der Waals surface area (Å²) in [7, 11) is 0. The Morgan fingerprint density at radius 3 is 2.10 bits per heavy atom. The van der Waals surface area contributed by atoms with Crippen LogP contribution in [0.5, 0.6) is 0 Å². The molecule has 114 valence electrons. The van der Waals surface area contributed by atoms with Crippen LogP contribution in [0.3, 0.4) is 0 Å². The van der Waals surface area contributed by atoms with Crippen LogP contribution in [0.2, 0.25) is 0 Å². The van der Waals surface area contributed by atoms with E-state index >= 15 is 0 Å². The molecule has 2 fully saturated rings. The first kappa shape index (κ1) is 15.0. The lowest BCUT2D eigenvalue weighted by Gasteiger charge is -2.41. The Bertz CT molecular complexity index is 401. The molecular weight excluding hydrogens is 270 g/mol. The van der Waals surface area contributed by atoms with Gasteiger partial charge in [0.15, 0.2) is 12.3 Å².